The van der Waals surface area contributed by atoms with Crippen LogP contribution in [0.5, 0.6) is 11.5 Å². The molecule has 2 aromatic carbocycles. The number of carbonyl (C=O) groups excluding carboxylic acids is 2. The van der Waals surface area contributed by atoms with Crippen molar-refractivity contribution < 1.29 is 23.8 Å². The van der Waals surface area contributed by atoms with Gasteiger partial charge in [0.15, 0.2) is 18.1 Å². The minimum atomic E-state index is -0.591. The first-order valence-corrected chi connectivity index (χ1v) is 8.94. The number of allylic oxidation sites excluding steroid dienone is 2. The quantitative estimate of drug-likeness (QED) is 0.451. The highest BCUT2D eigenvalue weighted by Crippen LogP contribution is 2.32. The fraction of sp³-hybridized carbons (Fsp3) is 0.182. The van der Waals surface area contributed by atoms with Crippen LogP contribution in [0, 0.1) is 0 Å². The zero-order valence-corrected chi connectivity index (χ0v) is 15.5. The van der Waals surface area contributed by atoms with Gasteiger partial charge in [0.25, 0.3) is 5.91 Å². The van der Waals surface area contributed by atoms with Crippen molar-refractivity contribution in [2.75, 3.05) is 18.7 Å². The van der Waals surface area contributed by atoms with Crippen LogP contribution in [-0.4, -0.2) is 25.3 Å². The molecule has 0 fully saturated rings. The van der Waals surface area contributed by atoms with Crippen LogP contribution in [0.2, 0.25) is 0 Å². The molecule has 2 aromatic rings. The minimum absolute atomic E-state index is 0.228. The van der Waals surface area contributed by atoms with E-state index in [0.29, 0.717) is 11.4 Å². The molecule has 0 saturated carbocycles. The number of aryl methyl sites for hydroxylation is 1. The number of ether oxygens (including phenoxy) is 3. The van der Waals surface area contributed by atoms with Crippen molar-refractivity contribution in [3.8, 4) is 11.5 Å². The molecule has 28 heavy (non-hydrogen) atoms. The fourth-order valence-electron chi connectivity index (χ4n) is 2.52. The number of hydrogen-bond donors (Lipinski definition) is 1. The molecule has 144 valence electrons. The lowest BCUT2D eigenvalue weighted by molar-refractivity contribution is -0.142. The number of nitrogens with one attached hydrogen (secondary N) is 1. The monoisotopic (exact) mass is 379 g/mol. The molecule has 0 saturated heterocycles. The Morgan fingerprint density at radius 1 is 1.07 bits per heavy atom. The van der Waals surface area contributed by atoms with Crippen molar-refractivity contribution in [3.05, 3.63) is 71.8 Å². The Balaban J connectivity index is 1.41. The van der Waals surface area contributed by atoms with E-state index in [9.17, 15) is 9.59 Å². The summed E-state index contributed by atoms with van der Waals surface area (Å²) in [6, 6.07) is 13.1. The molecule has 1 amide bonds. The summed E-state index contributed by atoms with van der Waals surface area (Å²) in [4.78, 5) is 23.5. The molecule has 0 spiro atoms. The third-order valence-corrected chi connectivity index (χ3v) is 4.02. The number of rotatable bonds is 7. The Bertz CT molecular complexity index is 900. The normalized spacial score (nSPS) is 12.5. The number of amides is 1. The predicted molar refractivity (Wildman–Crippen MR) is 106 cm³/mol. The molecule has 0 unspecified atom stereocenters. The highest BCUT2D eigenvalue weighted by atomic mass is 16.7. The van der Waals surface area contributed by atoms with Crippen LogP contribution in [0.4, 0.5) is 5.69 Å². The Kier molecular flexibility index (Phi) is 6.46. The second kappa shape index (κ2) is 9.41. The van der Waals surface area contributed by atoms with Crippen LogP contribution in [0.15, 0.2) is 60.7 Å². The number of anilines is 1. The molecule has 6 nitrogen and oxygen atoms in total. The van der Waals surface area contributed by atoms with Crippen molar-refractivity contribution in [2.24, 2.45) is 0 Å². The summed E-state index contributed by atoms with van der Waals surface area (Å²) >= 11 is 0. The van der Waals surface area contributed by atoms with E-state index in [1.54, 1.807) is 12.2 Å². The molecule has 1 aliphatic heterocycles. The lowest BCUT2D eigenvalue weighted by atomic mass is 10.1. The van der Waals surface area contributed by atoms with Crippen LogP contribution in [0.25, 0.3) is 6.08 Å². The first-order valence-electron chi connectivity index (χ1n) is 8.94. The van der Waals surface area contributed by atoms with Crippen LogP contribution >= 0.6 is 0 Å². The van der Waals surface area contributed by atoms with E-state index in [2.05, 4.69) is 12.2 Å². The maximum atomic E-state index is 11.8. The maximum absolute atomic E-state index is 11.8. The minimum Gasteiger partial charge on any atom is -0.454 e. The zero-order chi connectivity index (χ0) is 19.8. The third-order valence-electron chi connectivity index (χ3n) is 4.02. The molecule has 0 radical (unpaired) electrons. The number of carbonyl (C=O) groups is 2. The van der Waals surface area contributed by atoms with Gasteiger partial charge in [0.2, 0.25) is 6.79 Å². The molecule has 0 aliphatic carbocycles. The molecule has 0 bridgehead atoms. The Labute approximate surface area is 163 Å². The van der Waals surface area contributed by atoms with Gasteiger partial charge in [-0.3, -0.25) is 4.79 Å². The summed E-state index contributed by atoms with van der Waals surface area (Å²) in [5, 5.41) is 2.68. The van der Waals surface area contributed by atoms with E-state index in [4.69, 9.17) is 14.2 Å². The highest BCUT2D eigenvalue weighted by Gasteiger charge is 2.12. The maximum Gasteiger partial charge on any atom is 0.331 e. The fourth-order valence-corrected chi connectivity index (χ4v) is 2.52. The third kappa shape index (κ3) is 5.48. The Morgan fingerprint density at radius 3 is 2.64 bits per heavy atom. The average Bonchev–Trinajstić information content (AvgIpc) is 3.18. The van der Waals surface area contributed by atoms with E-state index in [1.807, 2.05) is 48.5 Å². The van der Waals surface area contributed by atoms with Gasteiger partial charge in [0, 0.05) is 11.8 Å². The molecule has 0 atom stereocenters. The van der Waals surface area contributed by atoms with Gasteiger partial charge in [-0.1, -0.05) is 43.4 Å². The standard InChI is InChI=1S/C22H21NO5/c1-2-16-7-10-18(11-8-16)23-21(24)14-26-22(25)6-4-3-5-17-9-12-19-20(13-17)28-15-27-19/h3-13H,2,14-15H2,1H3,(H,23,24)/b5-3+,6-4+. The molecule has 0 aromatic heterocycles. The number of hydrogen-bond acceptors (Lipinski definition) is 5. The molecule has 1 N–H and O–H groups in total. The Hall–Kier alpha value is -3.54. The molecular weight excluding hydrogens is 358 g/mol. The van der Waals surface area contributed by atoms with E-state index in [0.717, 1.165) is 17.7 Å². The van der Waals surface area contributed by atoms with Gasteiger partial charge in [0.1, 0.15) is 0 Å². The van der Waals surface area contributed by atoms with E-state index < -0.39 is 5.97 Å². The molecule has 3 rings (SSSR count). The summed E-state index contributed by atoms with van der Waals surface area (Å²) in [5.41, 5.74) is 2.76. The highest BCUT2D eigenvalue weighted by molar-refractivity contribution is 5.93. The average molecular weight is 379 g/mol. The van der Waals surface area contributed by atoms with Crippen molar-refractivity contribution in [3.63, 3.8) is 0 Å². The van der Waals surface area contributed by atoms with Gasteiger partial charge < -0.3 is 19.5 Å². The van der Waals surface area contributed by atoms with Crippen LogP contribution < -0.4 is 14.8 Å². The smallest absolute Gasteiger partial charge is 0.331 e. The topological polar surface area (TPSA) is 73.9 Å². The summed E-state index contributed by atoms with van der Waals surface area (Å²) in [7, 11) is 0. The molecule has 1 heterocycles. The van der Waals surface area contributed by atoms with Crippen LogP contribution in [-0.2, 0) is 20.7 Å². The summed E-state index contributed by atoms with van der Waals surface area (Å²) in [6.07, 6.45) is 7.26. The van der Waals surface area contributed by atoms with Crippen molar-refractivity contribution in [2.45, 2.75) is 13.3 Å². The number of benzene rings is 2. The van der Waals surface area contributed by atoms with Gasteiger partial charge >= 0.3 is 5.97 Å². The summed E-state index contributed by atoms with van der Waals surface area (Å²) in [6.45, 7) is 1.95. The van der Waals surface area contributed by atoms with Gasteiger partial charge in [-0.2, -0.15) is 0 Å². The first-order chi connectivity index (χ1) is 13.6. The second-order valence-corrected chi connectivity index (χ2v) is 6.04. The zero-order valence-electron chi connectivity index (χ0n) is 15.5. The van der Waals surface area contributed by atoms with E-state index in [-0.39, 0.29) is 19.3 Å². The first kappa shape index (κ1) is 19.2. The number of esters is 1. The number of fused-ring (bicyclic) bond motifs is 1. The molecule has 6 heteroatoms. The SMILES string of the molecule is CCc1ccc(NC(=O)COC(=O)/C=C/C=C/c2ccc3c(c2)OCO3)cc1. The van der Waals surface area contributed by atoms with Crippen LogP contribution in [0.3, 0.4) is 0 Å². The molecular formula is C22H21NO5. The largest absolute Gasteiger partial charge is 0.454 e. The van der Waals surface area contributed by atoms with E-state index >= 15 is 0 Å². The van der Waals surface area contributed by atoms with Crippen molar-refractivity contribution in [1.82, 2.24) is 0 Å². The molecule has 1 aliphatic rings. The lowest BCUT2D eigenvalue weighted by Crippen LogP contribution is -2.20. The Morgan fingerprint density at radius 2 is 1.86 bits per heavy atom. The van der Waals surface area contributed by atoms with Gasteiger partial charge in [-0.25, -0.2) is 4.79 Å². The van der Waals surface area contributed by atoms with Crippen molar-refractivity contribution >= 4 is 23.6 Å². The van der Waals surface area contributed by atoms with Gasteiger partial charge in [0.05, 0.1) is 0 Å². The van der Waals surface area contributed by atoms with E-state index in [1.165, 1.54) is 11.6 Å². The van der Waals surface area contributed by atoms with Gasteiger partial charge in [-0.15, -0.1) is 0 Å². The predicted octanol–water partition coefficient (Wildman–Crippen LogP) is 3.73. The summed E-state index contributed by atoms with van der Waals surface area (Å²) < 4.78 is 15.5. The second-order valence-electron chi connectivity index (χ2n) is 6.04. The van der Waals surface area contributed by atoms with Crippen molar-refractivity contribution in [1.29, 1.82) is 0 Å². The summed E-state index contributed by atoms with van der Waals surface area (Å²) in [5.74, 6) is 0.436. The van der Waals surface area contributed by atoms with Crippen LogP contribution in [0.1, 0.15) is 18.1 Å². The van der Waals surface area contributed by atoms with Gasteiger partial charge in [-0.05, 0) is 41.8 Å². The lowest BCUT2D eigenvalue weighted by Gasteiger charge is -2.06.